The van der Waals surface area contributed by atoms with Gasteiger partial charge in [-0.3, -0.25) is 0 Å². The number of halogens is 1. The van der Waals surface area contributed by atoms with Crippen molar-refractivity contribution in [3.63, 3.8) is 0 Å². The summed E-state index contributed by atoms with van der Waals surface area (Å²) < 4.78 is 0.982. The molecule has 4 heteroatoms. The van der Waals surface area contributed by atoms with Crippen molar-refractivity contribution in [3.05, 3.63) is 22.8 Å². The van der Waals surface area contributed by atoms with E-state index in [1.807, 2.05) is 26.0 Å². The fourth-order valence-electron chi connectivity index (χ4n) is 1.74. The predicted octanol–water partition coefficient (Wildman–Crippen LogP) is 2.05. The molecule has 1 aromatic rings. The average molecular weight is 271 g/mol. The predicted molar refractivity (Wildman–Crippen MR) is 63.9 cm³/mol. The molecule has 1 aliphatic heterocycles. The van der Waals surface area contributed by atoms with Crippen molar-refractivity contribution >= 4 is 21.7 Å². The Kier molecular flexibility index (Phi) is 2.73. The van der Waals surface area contributed by atoms with Crippen molar-refractivity contribution in [2.45, 2.75) is 19.4 Å². The number of aromatic nitrogens is 1. The standard InChI is InChI=1S/C11H15BrN2O/c1-8(2)11(15)6-14(7-11)10-9(12)4-3-5-13-10/h3-5,8,15H,6-7H2,1-2H3. The van der Waals surface area contributed by atoms with Crippen LogP contribution in [0, 0.1) is 5.92 Å². The number of nitrogens with zero attached hydrogens (tertiary/aromatic N) is 2. The largest absolute Gasteiger partial charge is 0.386 e. The van der Waals surface area contributed by atoms with Gasteiger partial charge < -0.3 is 10.0 Å². The van der Waals surface area contributed by atoms with Crippen molar-refractivity contribution in [3.8, 4) is 0 Å². The maximum absolute atomic E-state index is 10.1. The summed E-state index contributed by atoms with van der Waals surface area (Å²) >= 11 is 3.46. The molecule has 15 heavy (non-hydrogen) atoms. The summed E-state index contributed by atoms with van der Waals surface area (Å²) in [6.07, 6.45) is 1.77. The Bertz CT molecular complexity index is 361. The molecule has 0 amide bonds. The molecule has 2 rings (SSSR count). The molecule has 82 valence electrons. The highest BCUT2D eigenvalue weighted by Gasteiger charge is 2.44. The summed E-state index contributed by atoms with van der Waals surface area (Å²) in [4.78, 5) is 6.38. The van der Waals surface area contributed by atoms with E-state index in [2.05, 4.69) is 25.8 Å². The van der Waals surface area contributed by atoms with Gasteiger partial charge in [-0.2, -0.15) is 0 Å². The first kappa shape index (κ1) is 10.9. The number of hydrogen-bond donors (Lipinski definition) is 1. The van der Waals surface area contributed by atoms with Gasteiger partial charge in [0.1, 0.15) is 11.4 Å². The van der Waals surface area contributed by atoms with E-state index in [0.29, 0.717) is 13.1 Å². The highest BCUT2D eigenvalue weighted by molar-refractivity contribution is 9.10. The van der Waals surface area contributed by atoms with Crippen LogP contribution < -0.4 is 4.90 Å². The van der Waals surface area contributed by atoms with E-state index in [0.717, 1.165) is 10.3 Å². The Balaban J connectivity index is 2.10. The third kappa shape index (κ3) is 1.88. The van der Waals surface area contributed by atoms with Crippen LogP contribution in [0.4, 0.5) is 5.82 Å². The molecule has 3 nitrogen and oxygen atoms in total. The van der Waals surface area contributed by atoms with Crippen LogP contribution in [0.15, 0.2) is 22.8 Å². The third-order valence-corrected chi connectivity index (χ3v) is 3.66. The number of β-amino-alcohol motifs (C(OH)–C–C–N with tert-alkyl or cyclic N) is 1. The van der Waals surface area contributed by atoms with E-state index in [1.165, 1.54) is 0 Å². The molecule has 0 unspecified atom stereocenters. The summed E-state index contributed by atoms with van der Waals surface area (Å²) in [5, 5.41) is 10.1. The highest BCUT2D eigenvalue weighted by Crippen LogP contribution is 2.34. The zero-order chi connectivity index (χ0) is 11.1. The van der Waals surface area contributed by atoms with Crippen LogP contribution in [0.2, 0.25) is 0 Å². The number of pyridine rings is 1. The lowest BCUT2D eigenvalue weighted by atomic mass is 9.83. The Morgan fingerprint density at radius 2 is 2.20 bits per heavy atom. The van der Waals surface area contributed by atoms with Crippen LogP contribution in [0.1, 0.15) is 13.8 Å². The Labute approximate surface area is 98.3 Å². The number of rotatable bonds is 2. The minimum absolute atomic E-state index is 0.288. The zero-order valence-electron chi connectivity index (χ0n) is 8.94. The molecule has 0 spiro atoms. The van der Waals surface area contributed by atoms with Gasteiger partial charge in [0, 0.05) is 6.20 Å². The molecule has 1 fully saturated rings. The normalized spacial score (nSPS) is 19.1. The topological polar surface area (TPSA) is 36.4 Å². The molecule has 0 atom stereocenters. The average Bonchev–Trinajstić information content (AvgIpc) is 2.14. The second-order valence-corrected chi connectivity index (χ2v) is 5.28. The van der Waals surface area contributed by atoms with Gasteiger partial charge in [-0.15, -0.1) is 0 Å². The molecule has 1 aromatic heterocycles. The van der Waals surface area contributed by atoms with E-state index >= 15 is 0 Å². The second-order valence-electron chi connectivity index (χ2n) is 4.42. The van der Waals surface area contributed by atoms with Gasteiger partial charge in [0.15, 0.2) is 0 Å². The van der Waals surface area contributed by atoms with Crippen molar-refractivity contribution in [1.29, 1.82) is 0 Å². The molecule has 0 aromatic carbocycles. The van der Waals surface area contributed by atoms with E-state index in [1.54, 1.807) is 6.20 Å². The molecule has 2 heterocycles. The van der Waals surface area contributed by atoms with Crippen LogP contribution in [-0.2, 0) is 0 Å². The van der Waals surface area contributed by atoms with Gasteiger partial charge in [0.25, 0.3) is 0 Å². The number of aliphatic hydroxyl groups is 1. The molecule has 0 radical (unpaired) electrons. The van der Waals surface area contributed by atoms with Crippen LogP contribution in [0.5, 0.6) is 0 Å². The van der Waals surface area contributed by atoms with Crippen LogP contribution in [0.25, 0.3) is 0 Å². The van der Waals surface area contributed by atoms with E-state index < -0.39 is 5.60 Å². The Morgan fingerprint density at radius 1 is 1.53 bits per heavy atom. The van der Waals surface area contributed by atoms with Crippen LogP contribution in [-0.4, -0.2) is 28.8 Å². The minimum atomic E-state index is -0.545. The lowest BCUT2D eigenvalue weighted by molar-refractivity contribution is -0.0305. The summed E-state index contributed by atoms with van der Waals surface area (Å²) in [6, 6.07) is 3.86. The van der Waals surface area contributed by atoms with Gasteiger partial charge in [-0.1, -0.05) is 13.8 Å². The lowest BCUT2D eigenvalue weighted by Gasteiger charge is -2.49. The molecule has 0 bridgehead atoms. The molecular weight excluding hydrogens is 256 g/mol. The number of hydrogen-bond acceptors (Lipinski definition) is 3. The second kappa shape index (κ2) is 3.76. The number of anilines is 1. The summed E-state index contributed by atoms with van der Waals surface area (Å²) in [7, 11) is 0. The van der Waals surface area contributed by atoms with Gasteiger partial charge in [0.05, 0.1) is 17.6 Å². The summed E-state index contributed by atoms with van der Waals surface area (Å²) in [5.41, 5.74) is -0.545. The van der Waals surface area contributed by atoms with E-state index in [9.17, 15) is 5.11 Å². The Morgan fingerprint density at radius 3 is 2.73 bits per heavy atom. The first-order valence-electron chi connectivity index (χ1n) is 5.11. The Hall–Kier alpha value is -0.610. The fraction of sp³-hybridized carbons (Fsp3) is 0.545. The molecule has 1 aliphatic rings. The van der Waals surface area contributed by atoms with E-state index in [-0.39, 0.29) is 5.92 Å². The smallest absolute Gasteiger partial charge is 0.143 e. The van der Waals surface area contributed by atoms with Gasteiger partial charge >= 0.3 is 0 Å². The van der Waals surface area contributed by atoms with Crippen molar-refractivity contribution < 1.29 is 5.11 Å². The monoisotopic (exact) mass is 270 g/mol. The molecule has 0 saturated carbocycles. The summed E-state index contributed by atoms with van der Waals surface area (Å²) in [5.74, 6) is 1.21. The molecule has 0 aliphatic carbocycles. The van der Waals surface area contributed by atoms with Crippen molar-refractivity contribution in [2.24, 2.45) is 5.92 Å². The van der Waals surface area contributed by atoms with Gasteiger partial charge in [0.2, 0.25) is 0 Å². The molecule has 1 saturated heterocycles. The zero-order valence-corrected chi connectivity index (χ0v) is 10.5. The van der Waals surface area contributed by atoms with Crippen LogP contribution in [0.3, 0.4) is 0 Å². The minimum Gasteiger partial charge on any atom is -0.386 e. The maximum atomic E-state index is 10.1. The van der Waals surface area contributed by atoms with Crippen LogP contribution >= 0.6 is 15.9 Å². The fourth-order valence-corrected chi connectivity index (χ4v) is 2.25. The first-order chi connectivity index (χ1) is 7.03. The van der Waals surface area contributed by atoms with Crippen molar-refractivity contribution in [2.75, 3.05) is 18.0 Å². The SMILES string of the molecule is CC(C)C1(O)CN(c2ncccc2Br)C1. The molecule has 1 N–H and O–H groups in total. The van der Waals surface area contributed by atoms with Gasteiger partial charge in [-0.05, 0) is 34.0 Å². The first-order valence-corrected chi connectivity index (χ1v) is 5.90. The third-order valence-electron chi connectivity index (χ3n) is 3.04. The van der Waals surface area contributed by atoms with E-state index in [4.69, 9.17) is 0 Å². The van der Waals surface area contributed by atoms with Gasteiger partial charge in [-0.25, -0.2) is 4.98 Å². The molecular formula is C11H15BrN2O. The summed E-state index contributed by atoms with van der Waals surface area (Å²) in [6.45, 7) is 5.43. The highest BCUT2D eigenvalue weighted by atomic mass is 79.9. The quantitative estimate of drug-likeness (QED) is 0.894. The lowest BCUT2D eigenvalue weighted by Crippen LogP contribution is -2.65. The van der Waals surface area contributed by atoms with Crippen molar-refractivity contribution in [1.82, 2.24) is 4.98 Å². The maximum Gasteiger partial charge on any atom is 0.143 e.